The minimum absolute atomic E-state index is 0. The zero-order valence-electron chi connectivity index (χ0n) is 11.6. The first-order valence-corrected chi connectivity index (χ1v) is 7.63. The molecule has 0 aromatic carbocycles. The van der Waals surface area contributed by atoms with Gasteiger partial charge in [-0.15, -0.1) is 24.2 Å². The summed E-state index contributed by atoms with van der Waals surface area (Å²) in [4.78, 5) is 25.7. The molecule has 1 aliphatic rings. The molecule has 5 nitrogen and oxygen atoms in total. The highest BCUT2D eigenvalue weighted by Crippen LogP contribution is 2.22. The molecule has 0 saturated carbocycles. The standard InChI is InChI=1S/C12H23N3O2S.ClH/c1-3-4-5-11(16)15-8-18-7-10(15)12(17)14-9(2)6-13;/h9-10H,3-8,13H2,1-2H3,(H,14,17);1H/t9-,10?;/m0./s1. The summed E-state index contributed by atoms with van der Waals surface area (Å²) < 4.78 is 0. The number of halogens is 1. The molecule has 112 valence electrons. The summed E-state index contributed by atoms with van der Waals surface area (Å²) in [6.07, 6.45) is 2.41. The molecule has 0 aromatic rings. The fraction of sp³-hybridized carbons (Fsp3) is 0.833. The van der Waals surface area contributed by atoms with Crippen molar-refractivity contribution < 1.29 is 9.59 Å². The van der Waals surface area contributed by atoms with Gasteiger partial charge in [0.1, 0.15) is 6.04 Å². The molecule has 0 spiro atoms. The Kier molecular flexibility index (Phi) is 9.22. The van der Waals surface area contributed by atoms with Crippen LogP contribution in [-0.2, 0) is 9.59 Å². The lowest BCUT2D eigenvalue weighted by Crippen LogP contribution is -2.50. The fourth-order valence-electron chi connectivity index (χ4n) is 1.78. The van der Waals surface area contributed by atoms with Gasteiger partial charge in [0.25, 0.3) is 0 Å². The van der Waals surface area contributed by atoms with Gasteiger partial charge in [-0.2, -0.15) is 0 Å². The van der Waals surface area contributed by atoms with E-state index in [4.69, 9.17) is 5.73 Å². The second-order valence-electron chi connectivity index (χ2n) is 4.63. The second kappa shape index (κ2) is 9.44. The quantitative estimate of drug-likeness (QED) is 0.766. The number of carbonyl (C=O) groups excluding carboxylic acids is 2. The van der Waals surface area contributed by atoms with Gasteiger partial charge in [-0.25, -0.2) is 0 Å². The van der Waals surface area contributed by atoms with Crippen LogP contribution in [-0.4, -0.2) is 47.0 Å². The van der Waals surface area contributed by atoms with E-state index in [2.05, 4.69) is 12.2 Å². The average Bonchev–Trinajstić information content (AvgIpc) is 2.84. The molecule has 3 N–H and O–H groups in total. The number of amides is 2. The maximum Gasteiger partial charge on any atom is 0.243 e. The summed E-state index contributed by atoms with van der Waals surface area (Å²) >= 11 is 1.63. The zero-order chi connectivity index (χ0) is 13.5. The van der Waals surface area contributed by atoms with Crippen LogP contribution in [0.25, 0.3) is 0 Å². The first-order chi connectivity index (χ1) is 8.60. The Morgan fingerprint density at radius 3 is 2.79 bits per heavy atom. The molecule has 1 fully saturated rings. The molecular formula is C12H24ClN3O2S. The van der Waals surface area contributed by atoms with Crippen molar-refractivity contribution in [2.45, 2.75) is 45.2 Å². The molecule has 1 heterocycles. The monoisotopic (exact) mass is 309 g/mol. The van der Waals surface area contributed by atoms with E-state index in [0.29, 0.717) is 24.6 Å². The summed E-state index contributed by atoms with van der Waals surface area (Å²) in [7, 11) is 0. The number of thioether (sulfide) groups is 1. The van der Waals surface area contributed by atoms with E-state index in [9.17, 15) is 9.59 Å². The Morgan fingerprint density at radius 2 is 2.21 bits per heavy atom. The number of unbranched alkanes of at least 4 members (excludes halogenated alkanes) is 1. The molecule has 7 heteroatoms. The summed E-state index contributed by atoms with van der Waals surface area (Å²) in [6, 6.07) is -0.371. The van der Waals surface area contributed by atoms with Crippen molar-refractivity contribution in [2.75, 3.05) is 18.2 Å². The van der Waals surface area contributed by atoms with Gasteiger partial charge in [0.15, 0.2) is 0 Å². The number of hydrogen-bond donors (Lipinski definition) is 2. The molecule has 1 rings (SSSR count). The van der Waals surface area contributed by atoms with Crippen LogP contribution in [0.5, 0.6) is 0 Å². The Bertz CT molecular complexity index is 305. The normalized spacial score (nSPS) is 19.7. The van der Waals surface area contributed by atoms with Gasteiger partial charge >= 0.3 is 0 Å². The van der Waals surface area contributed by atoms with Gasteiger partial charge in [0.2, 0.25) is 11.8 Å². The molecule has 0 radical (unpaired) electrons. The number of nitrogens with one attached hydrogen (secondary N) is 1. The highest BCUT2D eigenvalue weighted by Gasteiger charge is 2.34. The van der Waals surface area contributed by atoms with Crippen LogP contribution >= 0.6 is 24.2 Å². The molecule has 0 aliphatic carbocycles. The molecule has 19 heavy (non-hydrogen) atoms. The third kappa shape index (κ3) is 5.58. The predicted molar refractivity (Wildman–Crippen MR) is 81.4 cm³/mol. The average molecular weight is 310 g/mol. The van der Waals surface area contributed by atoms with Crippen molar-refractivity contribution in [3.05, 3.63) is 0 Å². The minimum Gasteiger partial charge on any atom is -0.351 e. The lowest BCUT2D eigenvalue weighted by molar-refractivity contribution is -0.138. The van der Waals surface area contributed by atoms with E-state index >= 15 is 0 Å². The smallest absolute Gasteiger partial charge is 0.243 e. The molecule has 1 aliphatic heterocycles. The maximum atomic E-state index is 12.0. The Hall–Kier alpha value is -0.460. The van der Waals surface area contributed by atoms with Gasteiger partial charge in [-0.3, -0.25) is 9.59 Å². The van der Waals surface area contributed by atoms with E-state index in [-0.39, 0.29) is 36.3 Å². The van der Waals surface area contributed by atoms with Crippen LogP contribution in [0.15, 0.2) is 0 Å². The van der Waals surface area contributed by atoms with Crippen LogP contribution in [0.3, 0.4) is 0 Å². The number of nitrogens with two attached hydrogens (primary N) is 1. The summed E-state index contributed by atoms with van der Waals surface area (Å²) in [6.45, 7) is 4.33. The second-order valence-corrected chi connectivity index (χ2v) is 5.63. The van der Waals surface area contributed by atoms with Crippen molar-refractivity contribution in [3.63, 3.8) is 0 Å². The van der Waals surface area contributed by atoms with E-state index in [0.717, 1.165) is 12.8 Å². The summed E-state index contributed by atoms with van der Waals surface area (Å²) in [5.41, 5.74) is 5.48. The number of rotatable bonds is 6. The van der Waals surface area contributed by atoms with Crippen LogP contribution in [0.1, 0.15) is 33.1 Å². The number of carbonyl (C=O) groups is 2. The third-order valence-electron chi connectivity index (χ3n) is 2.99. The van der Waals surface area contributed by atoms with Gasteiger partial charge in [-0.05, 0) is 13.3 Å². The molecule has 1 unspecified atom stereocenters. The van der Waals surface area contributed by atoms with E-state index < -0.39 is 0 Å². The number of hydrogen-bond acceptors (Lipinski definition) is 4. The highest BCUT2D eigenvalue weighted by molar-refractivity contribution is 7.99. The summed E-state index contributed by atoms with van der Waals surface area (Å²) in [5, 5.41) is 2.84. The highest BCUT2D eigenvalue weighted by atomic mass is 35.5. The van der Waals surface area contributed by atoms with E-state index in [1.54, 1.807) is 16.7 Å². The van der Waals surface area contributed by atoms with Crippen molar-refractivity contribution in [3.8, 4) is 0 Å². The first-order valence-electron chi connectivity index (χ1n) is 6.47. The molecule has 0 aromatic heterocycles. The molecular weight excluding hydrogens is 286 g/mol. The fourth-order valence-corrected chi connectivity index (χ4v) is 2.96. The van der Waals surface area contributed by atoms with E-state index in [1.807, 2.05) is 6.92 Å². The first kappa shape index (κ1) is 18.5. The van der Waals surface area contributed by atoms with Crippen LogP contribution in [0.2, 0.25) is 0 Å². The van der Waals surface area contributed by atoms with Crippen molar-refractivity contribution >= 4 is 36.0 Å². The van der Waals surface area contributed by atoms with Crippen molar-refractivity contribution in [2.24, 2.45) is 5.73 Å². The SMILES string of the molecule is CCCCC(=O)N1CSCC1C(=O)N[C@@H](C)CN.Cl. The zero-order valence-corrected chi connectivity index (χ0v) is 13.2. The predicted octanol–water partition coefficient (Wildman–Crippen LogP) is 0.963. The van der Waals surface area contributed by atoms with Crippen LogP contribution in [0.4, 0.5) is 0 Å². The van der Waals surface area contributed by atoms with Gasteiger partial charge in [-0.1, -0.05) is 13.3 Å². The molecule has 1 saturated heterocycles. The molecule has 2 atom stereocenters. The molecule has 2 amide bonds. The van der Waals surface area contributed by atoms with Crippen LogP contribution < -0.4 is 11.1 Å². The maximum absolute atomic E-state index is 12.0. The third-order valence-corrected chi connectivity index (χ3v) is 4.00. The lowest BCUT2D eigenvalue weighted by Gasteiger charge is -2.24. The number of nitrogens with zero attached hydrogens (tertiary/aromatic N) is 1. The topological polar surface area (TPSA) is 75.4 Å². The van der Waals surface area contributed by atoms with E-state index in [1.165, 1.54) is 0 Å². The van der Waals surface area contributed by atoms with Gasteiger partial charge in [0.05, 0.1) is 5.88 Å². The lowest BCUT2D eigenvalue weighted by atomic mass is 10.2. The summed E-state index contributed by atoms with van der Waals surface area (Å²) in [5.74, 6) is 1.31. The minimum atomic E-state index is -0.326. The molecule has 0 bridgehead atoms. The van der Waals surface area contributed by atoms with Crippen LogP contribution in [0, 0.1) is 0 Å². The van der Waals surface area contributed by atoms with Crippen molar-refractivity contribution in [1.82, 2.24) is 10.2 Å². The van der Waals surface area contributed by atoms with Gasteiger partial charge in [0, 0.05) is 24.8 Å². The van der Waals surface area contributed by atoms with Crippen molar-refractivity contribution in [1.29, 1.82) is 0 Å². The Labute approximate surface area is 125 Å². The Morgan fingerprint density at radius 1 is 1.53 bits per heavy atom. The Balaban J connectivity index is 0.00000324. The van der Waals surface area contributed by atoms with Gasteiger partial charge < -0.3 is 16.0 Å². The largest absolute Gasteiger partial charge is 0.351 e.